The first-order valence-corrected chi connectivity index (χ1v) is 5.11. The Morgan fingerprint density at radius 3 is 2.41 bits per heavy atom. The lowest BCUT2D eigenvalue weighted by atomic mass is 10.2. The van der Waals surface area contributed by atoms with Crippen molar-refractivity contribution in [2.45, 2.75) is 19.4 Å². The van der Waals surface area contributed by atoms with Gasteiger partial charge < -0.3 is 20.1 Å². The van der Waals surface area contributed by atoms with Crippen molar-refractivity contribution in [3.63, 3.8) is 0 Å². The summed E-state index contributed by atoms with van der Waals surface area (Å²) in [5.41, 5.74) is 0. The summed E-state index contributed by atoms with van der Waals surface area (Å²) in [6.07, 6.45) is 0.182. The van der Waals surface area contributed by atoms with Gasteiger partial charge in [-0.05, 0) is 0 Å². The molecule has 0 aliphatic heterocycles. The molecule has 0 aliphatic rings. The lowest BCUT2D eigenvalue weighted by Crippen LogP contribution is -2.46. The van der Waals surface area contributed by atoms with E-state index >= 15 is 0 Å². The number of aliphatic carboxylic acids is 1. The van der Waals surface area contributed by atoms with Crippen LogP contribution in [0.25, 0.3) is 0 Å². The number of rotatable bonds is 7. The molecular weight excluding hydrogens is 228 g/mol. The van der Waals surface area contributed by atoms with Crippen LogP contribution in [0, 0.1) is 0 Å². The summed E-state index contributed by atoms with van der Waals surface area (Å²) >= 11 is 0. The third-order valence-electron chi connectivity index (χ3n) is 2.16. The number of carboxylic acid groups (broad SMARTS) is 1. The number of methoxy groups -OCH3 is 1. The van der Waals surface area contributed by atoms with Crippen molar-refractivity contribution in [2.75, 3.05) is 27.3 Å². The van der Waals surface area contributed by atoms with Crippen molar-refractivity contribution in [3.05, 3.63) is 0 Å². The molecule has 0 rings (SSSR count). The SMILES string of the molecule is COCCC(NC(=O)CN(C)C(C)=O)C(=O)O. The maximum atomic E-state index is 11.4. The molecular formula is C10H18N2O5. The van der Waals surface area contributed by atoms with Crippen LogP contribution in [-0.4, -0.2) is 61.1 Å². The van der Waals surface area contributed by atoms with Crippen molar-refractivity contribution in [3.8, 4) is 0 Å². The fourth-order valence-electron chi connectivity index (χ4n) is 1.06. The van der Waals surface area contributed by atoms with E-state index in [4.69, 9.17) is 9.84 Å². The van der Waals surface area contributed by atoms with Gasteiger partial charge in [-0.1, -0.05) is 0 Å². The number of carboxylic acids is 1. The predicted molar refractivity (Wildman–Crippen MR) is 59.4 cm³/mol. The summed E-state index contributed by atoms with van der Waals surface area (Å²) in [4.78, 5) is 34.3. The molecule has 0 aliphatic carbocycles. The monoisotopic (exact) mass is 246 g/mol. The lowest BCUT2D eigenvalue weighted by Gasteiger charge is -2.17. The highest BCUT2D eigenvalue weighted by molar-refractivity contribution is 5.87. The molecule has 0 saturated heterocycles. The van der Waals surface area contributed by atoms with E-state index in [9.17, 15) is 14.4 Å². The van der Waals surface area contributed by atoms with Gasteiger partial charge in [-0.2, -0.15) is 0 Å². The van der Waals surface area contributed by atoms with Crippen LogP contribution in [0.3, 0.4) is 0 Å². The highest BCUT2D eigenvalue weighted by Crippen LogP contribution is 1.94. The highest BCUT2D eigenvalue weighted by atomic mass is 16.5. The van der Waals surface area contributed by atoms with Crippen LogP contribution in [0.4, 0.5) is 0 Å². The van der Waals surface area contributed by atoms with E-state index < -0.39 is 17.9 Å². The zero-order chi connectivity index (χ0) is 13.4. The van der Waals surface area contributed by atoms with Gasteiger partial charge in [0.25, 0.3) is 0 Å². The molecule has 0 aromatic rings. The Bertz CT molecular complexity index is 292. The van der Waals surface area contributed by atoms with Crippen LogP contribution in [0.15, 0.2) is 0 Å². The normalized spacial score (nSPS) is 11.7. The largest absolute Gasteiger partial charge is 0.480 e. The first kappa shape index (κ1) is 15.4. The van der Waals surface area contributed by atoms with E-state index in [2.05, 4.69) is 5.32 Å². The summed E-state index contributed by atoms with van der Waals surface area (Å²) in [5, 5.41) is 11.2. The molecule has 0 radical (unpaired) electrons. The van der Waals surface area contributed by atoms with Gasteiger partial charge in [0, 0.05) is 34.1 Å². The summed E-state index contributed by atoms with van der Waals surface area (Å²) in [6.45, 7) is 1.40. The second-order valence-electron chi connectivity index (χ2n) is 3.61. The van der Waals surface area contributed by atoms with Gasteiger partial charge in [0.05, 0.1) is 6.54 Å². The van der Waals surface area contributed by atoms with E-state index in [1.54, 1.807) is 0 Å². The van der Waals surface area contributed by atoms with Crippen molar-refractivity contribution in [1.29, 1.82) is 0 Å². The van der Waals surface area contributed by atoms with E-state index in [1.165, 1.54) is 26.0 Å². The first-order valence-electron chi connectivity index (χ1n) is 5.11. The molecule has 1 atom stereocenters. The molecule has 0 bridgehead atoms. The topological polar surface area (TPSA) is 95.9 Å². The molecule has 2 amide bonds. The minimum atomic E-state index is -1.12. The summed E-state index contributed by atoms with van der Waals surface area (Å²) in [6, 6.07) is -0.997. The van der Waals surface area contributed by atoms with Gasteiger partial charge in [0.15, 0.2) is 0 Å². The first-order chi connectivity index (χ1) is 7.88. The number of nitrogens with one attached hydrogen (secondary N) is 1. The van der Waals surface area contributed by atoms with E-state index in [0.29, 0.717) is 0 Å². The van der Waals surface area contributed by atoms with Crippen LogP contribution >= 0.6 is 0 Å². The molecule has 0 aromatic heterocycles. The van der Waals surface area contributed by atoms with Crippen molar-refractivity contribution in [2.24, 2.45) is 0 Å². The van der Waals surface area contributed by atoms with Crippen molar-refractivity contribution >= 4 is 17.8 Å². The number of carbonyl (C=O) groups is 3. The maximum absolute atomic E-state index is 11.4. The Kier molecular flexibility index (Phi) is 6.88. The third-order valence-corrected chi connectivity index (χ3v) is 2.16. The molecule has 0 fully saturated rings. The fraction of sp³-hybridized carbons (Fsp3) is 0.700. The average Bonchev–Trinajstić information content (AvgIpc) is 2.23. The zero-order valence-electron chi connectivity index (χ0n) is 10.2. The Morgan fingerprint density at radius 1 is 1.41 bits per heavy atom. The van der Waals surface area contributed by atoms with E-state index in [0.717, 1.165) is 0 Å². The minimum Gasteiger partial charge on any atom is -0.480 e. The molecule has 0 spiro atoms. The van der Waals surface area contributed by atoms with E-state index in [-0.39, 0.29) is 25.5 Å². The smallest absolute Gasteiger partial charge is 0.326 e. The average molecular weight is 246 g/mol. The molecule has 0 saturated carbocycles. The summed E-state index contributed by atoms with van der Waals surface area (Å²) in [7, 11) is 2.91. The van der Waals surface area contributed by atoms with Gasteiger partial charge in [-0.15, -0.1) is 0 Å². The van der Waals surface area contributed by atoms with Crippen LogP contribution in [-0.2, 0) is 19.1 Å². The quantitative estimate of drug-likeness (QED) is 0.605. The summed E-state index contributed by atoms with van der Waals surface area (Å²) in [5.74, 6) is -1.89. The second-order valence-corrected chi connectivity index (χ2v) is 3.61. The molecule has 0 aromatic carbocycles. The molecule has 2 N–H and O–H groups in total. The Balaban J connectivity index is 4.21. The number of ether oxygens (including phenoxy) is 1. The maximum Gasteiger partial charge on any atom is 0.326 e. The van der Waals surface area contributed by atoms with Gasteiger partial charge in [0.2, 0.25) is 11.8 Å². The minimum absolute atomic E-state index is 0.161. The van der Waals surface area contributed by atoms with Crippen LogP contribution in [0.1, 0.15) is 13.3 Å². The standard InChI is InChI=1S/C10H18N2O5/c1-7(13)12(2)6-9(14)11-8(10(15)16)4-5-17-3/h8H,4-6H2,1-3H3,(H,11,14)(H,15,16). The predicted octanol–water partition coefficient (Wildman–Crippen LogP) is -0.929. The molecule has 17 heavy (non-hydrogen) atoms. The highest BCUT2D eigenvalue weighted by Gasteiger charge is 2.20. The molecule has 7 heteroatoms. The zero-order valence-corrected chi connectivity index (χ0v) is 10.2. The number of amides is 2. The van der Waals surface area contributed by atoms with Crippen molar-refractivity contribution in [1.82, 2.24) is 10.2 Å². The molecule has 1 unspecified atom stereocenters. The number of nitrogens with zero attached hydrogens (tertiary/aromatic N) is 1. The number of hydrogen-bond acceptors (Lipinski definition) is 4. The van der Waals surface area contributed by atoms with Crippen LogP contribution in [0.2, 0.25) is 0 Å². The molecule has 98 valence electrons. The Morgan fingerprint density at radius 2 is 2.00 bits per heavy atom. The van der Waals surface area contributed by atoms with Crippen LogP contribution < -0.4 is 5.32 Å². The van der Waals surface area contributed by atoms with Gasteiger partial charge in [0.1, 0.15) is 6.04 Å². The lowest BCUT2D eigenvalue weighted by molar-refractivity contribution is -0.142. The van der Waals surface area contributed by atoms with Gasteiger partial charge in [-0.25, -0.2) is 4.79 Å². The third kappa shape index (κ3) is 6.52. The van der Waals surface area contributed by atoms with E-state index in [1.807, 2.05) is 0 Å². The fourth-order valence-corrected chi connectivity index (χ4v) is 1.06. The number of hydrogen-bond donors (Lipinski definition) is 2. The molecule has 0 heterocycles. The number of carbonyl (C=O) groups excluding carboxylic acids is 2. The van der Waals surface area contributed by atoms with Gasteiger partial charge in [-0.3, -0.25) is 9.59 Å². The second kappa shape index (κ2) is 7.61. The molecule has 7 nitrogen and oxygen atoms in total. The van der Waals surface area contributed by atoms with Gasteiger partial charge >= 0.3 is 5.97 Å². The van der Waals surface area contributed by atoms with Crippen molar-refractivity contribution < 1.29 is 24.2 Å². The van der Waals surface area contributed by atoms with Crippen LogP contribution in [0.5, 0.6) is 0 Å². The summed E-state index contributed by atoms with van der Waals surface area (Å²) < 4.78 is 4.74. The number of likely N-dealkylation sites (N-methyl/N-ethyl adjacent to an activating group) is 1. The Labute approximate surface area is 99.7 Å². The Hall–Kier alpha value is -1.63.